The number of hydrogen-bond acceptors (Lipinski definition) is 8. The molecule has 2 aromatic heterocycles. The zero-order chi connectivity index (χ0) is 18.4. The molecule has 6 N–H and O–H groups in total. The van der Waals surface area contributed by atoms with Crippen LogP contribution in [0.4, 0.5) is 22.1 Å². The molecule has 0 aliphatic carbocycles. The highest BCUT2D eigenvalue weighted by atomic mass is 32.1. The van der Waals surface area contributed by atoms with Gasteiger partial charge in [0.1, 0.15) is 15.7 Å². The van der Waals surface area contributed by atoms with Gasteiger partial charge in [0, 0.05) is 0 Å². The third kappa shape index (κ3) is 2.47. The van der Waals surface area contributed by atoms with Crippen molar-refractivity contribution in [2.75, 3.05) is 16.0 Å². The number of thiazole rings is 1. The molecule has 0 saturated heterocycles. The van der Waals surface area contributed by atoms with E-state index in [9.17, 15) is 9.59 Å². The normalized spacial score (nSPS) is 15.6. The highest BCUT2D eigenvalue weighted by Gasteiger charge is 2.35. The molecule has 0 fully saturated rings. The van der Waals surface area contributed by atoms with Crippen LogP contribution in [0, 0.1) is 6.92 Å². The maximum Gasteiger partial charge on any atom is 0.345 e. The van der Waals surface area contributed by atoms with Crippen molar-refractivity contribution in [3.05, 3.63) is 57.3 Å². The van der Waals surface area contributed by atoms with Gasteiger partial charge in [0.05, 0.1) is 29.0 Å². The van der Waals surface area contributed by atoms with Gasteiger partial charge in [-0.2, -0.15) is 4.98 Å². The molecule has 9 nitrogen and oxygen atoms in total. The molecule has 4 rings (SSSR count). The number of aryl methyl sites for hydroxylation is 1. The molecule has 1 aromatic carbocycles. The summed E-state index contributed by atoms with van der Waals surface area (Å²) in [4.78, 5) is 36.0. The predicted octanol–water partition coefficient (Wildman–Crippen LogP) is 1.48. The lowest BCUT2D eigenvalue weighted by atomic mass is 10.2. The number of carbonyl (C=O) groups is 1. The Morgan fingerprint density at radius 3 is 2.77 bits per heavy atom. The van der Waals surface area contributed by atoms with E-state index in [4.69, 9.17) is 11.5 Å². The van der Waals surface area contributed by atoms with Crippen molar-refractivity contribution in [2.24, 2.45) is 5.73 Å². The summed E-state index contributed by atoms with van der Waals surface area (Å²) in [5.41, 5.74) is 13.5. The molecule has 132 valence electrons. The highest BCUT2D eigenvalue weighted by Crippen LogP contribution is 2.47. The summed E-state index contributed by atoms with van der Waals surface area (Å²) in [6, 6.07) is 7.58. The maximum atomic E-state index is 11.9. The quantitative estimate of drug-likeness (QED) is 0.547. The van der Waals surface area contributed by atoms with Crippen LogP contribution < -0.4 is 27.4 Å². The fourth-order valence-corrected chi connectivity index (χ4v) is 3.78. The Kier molecular flexibility index (Phi) is 3.62. The van der Waals surface area contributed by atoms with Crippen LogP contribution in [0.15, 0.2) is 35.3 Å². The zero-order valence-electron chi connectivity index (χ0n) is 13.7. The third-order valence-electron chi connectivity index (χ3n) is 4.10. The first-order valence-electron chi connectivity index (χ1n) is 7.72. The van der Waals surface area contributed by atoms with E-state index in [0.717, 1.165) is 22.1 Å². The number of nitrogen functional groups attached to an aromatic ring is 1. The molecule has 26 heavy (non-hydrogen) atoms. The number of nitrogens with zero attached hydrogens (tertiary/aromatic N) is 3. The zero-order valence-corrected chi connectivity index (χ0v) is 14.5. The van der Waals surface area contributed by atoms with Crippen molar-refractivity contribution >= 4 is 39.3 Å². The van der Waals surface area contributed by atoms with Gasteiger partial charge in [-0.3, -0.25) is 9.78 Å². The van der Waals surface area contributed by atoms with Gasteiger partial charge < -0.3 is 21.7 Å². The van der Waals surface area contributed by atoms with Crippen LogP contribution in [0.3, 0.4) is 0 Å². The highest BCUT2D eigenvalue weighted by molar-refractivity contribution is 7.15. The molecule has 3 heterocycles. The molecule has 1 aliphatic rings. The fourth-order valence-electron chi connectivity index (χ4n) is 2.90. The van der Waals surface area contributed by atoms with E-state index in [0.29, 0.717) is 10.7 Å². The number of benzene rings is 1. The molecule has 0 bridgehead atoms. The van der Waals surface area contributed by atoms with Crippen LogP contribution in [0.1, 0.15) is 27.4 Å². The summed E-state index contributed by atoms with van der Waals surface area (Å²) >= 11 is 1.35. The molecule has 1 amide bonds. The second-order valence-corrected chi connectivity index (χ2v) is 6.81. The van der Waals surface area contributed by atoms with E-state index >= 15 is 0 Å². The van der Waals surface area contributed by atoms with Crippen LogP contribution in [-0.2, 0) is 0 Å². The lowest BCUT2D eigenvalue weighted by Crippen LogP contribution is -2.29. The molecule has 1 aliphatic heterocycles. The number of nitrogens with one attached hydrogen (secondary N) is 2. The van der Waals surface area contributed by atoms with Gasteiger partial charge in [0.15, 0.2) is 6.17 Å². The molecule has 1 atom stereocenters. The number of amides is 1. The number of nitrogens with two attached hydrogens (primary N) is 2. The lowest BCUT2D eigenvalue weighted by Gasteiger charge is -2.26. The van der Waals surface area contributed by atoms with E-state index in [2.05, 4.69) is 20.3 Å². The van der Waals surface area contributed by atoms with Gasteiger partial charge in [-0.05, 0) is 19.1 Å². The summed E-state index contributed by atoms with van der Waals surface area (Å²) in [6.45, 7) is 1.83. The first-order valence-corrected chi connectivity index (χ1v) is 8.54. The van der Waals surface area contributed by atoms with Crippen LogP contribution in [0.5, 0.6) is 0 Å². The van der Waals surface area contributed by atoms with Crippen LogP contribution in [-0.4, -0.2) is 20.9 Å². The number of para-hydroxylation sites is 2. The third-order valence-corrected chi connectivity index (χ3v) is 5.13. The molecular formula is C16H15N7O2S. The van der Waals surface area contributed by atoms with E-state index < -0.39 is 17.8 Å². The number of aromatic nitrogens is 3. The first kappa shape index (κ1) is 16.1. The van der Waals surface area contributed by atoms with E-state index in [1.165, 1.54) is 17.5 Å². The van der Waals surface area contributed by atoms with Gasteiger partial charge in [0.25, 0.3) is 5.91 Å². The minimum absolute atomic E-state index is 0.0187. The van der Waals surface area contributed by atoms with Crippen molar-refractivity contribution in [3.63, 3.8) is 0 Å². The number of aromatic amines is 1. The summed E-state index contributed by atoms with van der Waals surface area (Å²) in [5.74, 6) is -0.752. The smallest absolute Gasteiger partial charge is 0.345 e. The van der Waals surface area contributed by atoms with E-state index in [-0.39, 0.29) is 5.69 Å². The van der Waals surface area contributed by atoms with Crippen LogP contribution in [0.2, 0.25) is 0 Å². The number of rotatable bonds is 3. The second-order valence-electron chi connectivity index (χ2n) is 5.75. The summed E-state index contributed by atoms with van der Waals surface area (Å²) in [7, 11) is 0. The second kappa shape index (κ2) is 5.85. The summed E-state index contributed by atoms with van der Waals surface area (Å²) in [6.07, 6.45) is 0.915. The molecule has 0 saturated carbocycles. The van der Waals surface area contributed by atoms with Gasteiger partial charge >= 0.3 is 5.69 Å². The number of H-pyrrole nitrogens is 1. The Hall–Kier alpha value is -3.40. The minimum Gasteiger partial charge on any atom is -0.389 e. The van der Waals surface area contributed by atoms with Crippen LogP contribution >= 0.6 is 11.3 Å². The van der Waals surface area contributed by atoms with Gasteiger partial charge in [0.2, 0.25) is 0 Å². The Labute approximate surface area is 151 Å². The topological polar surface area (TPSA) is 143 Å². The molecule has 3 aromatic rings. The number of fused-ring (bicyclic) bond motifs is 1. The molecule has 10 heteroatoms. The number of carbonyl (C=O) groups excluding carboxylic acids is 1. The Balaban J connectivity index is 1.93. The standard InChI is InChI=1S/C16H15N7O2S/c1-7-13(18)26-15(20-7)14-21-8-4-2-3-5-9(8)23(14)10-6-19-16(25)22-11(10)12(17)24/h2-6,14,21H,18H2,1H3,(H2,17,24)(H,19,22,25). The van der Waals surface area contributed by atoms with E-state index in [1.54, 1.807) is 0 Å². The van der Waals surface area contributed by atoms with Crippen LogP contribution in [0.25, 0.3) is 0 Å². The number of anilines is 4. The lowest BCUT2D eigenvalue weighted by molar-refractivity contribution is 0.0995. The van der Waals surface area contributed by atoms with E-state index in [1.807, 2.05) is 36.1 Å². The Morgan fingerprint density at radius 1 is 1.31 bits per heavy atom. The molecule has 0 spiro atoms. The minimum atomic E-state index is -0.752. The van der Waals surface area contributed by atoms with Crippen molar-refractivity contribution in [3.8, 4) is 0 Å². The average molecular weight is 369 g/mol. The predicted molar refractivity (Wildman–Crippen MR) is 99.6 cm³/mol. The van der Waals surface area contributed by atoms with Crippen molar-refractivity contribution < 1.29 is 4.79 Å². The van der Waals surface area contributed by atoms with Crippen molar-refractivity contribution in [1.82, 2.24) is 15.0 Å². The number of primary amides is 1. The molecule has 1 unspecified atom stereocenters. The maximum absolute atomic E-state index is 11.9. The molecular weight excluding hydrogens is 354 g/mol. The fraction of sp³-hybridized carbons (Fsp3) is 0.125. The number of hydrogen-bond donors (Lipinski definition) is 4. The molecule has 0 radical (unpaired) electrons. The monoisotopic (exact) mass is 369 g/mol. The largest absolute Gasteiger partial charge is 0.389 e. The van der Waals surface area contributed by atoms with Crippen molar-refractivity contribution in [1.29, 1.82) is 0 Å². The summed E-state index contributed by atoms with van der Waals surface area (Å²) in [5, 5.41) is 4.71. The van der Waals surface area contributed by atoms with Crippen molar-refractivity contribution in [2.45, 2.75) is 13.1 Å². The average Bonchev–Trinajstić information content (AvgIpc) is 3.15. The Morgan fingerprint density at radius 2 is 2.08 bits per heavy atom. The Bertz CT molecular complexity index is 1050. The van der Waals surface area contributed by atoms with Gasteiger partial charge in [-0.15, -0.1) is 0 Å². The van der Waals surface area contributed by atoms with Gasteiger partial charge in [-0.1, -0.05) is 23.5 Å². The first-order chi connectivity index (χ1) is 12.5. The summed E-state index contributed by atoms with van der Waals surface area (Å²) < 4.78 is 0. The SMILES string of the molecule is Cc1nc(C2Nc3ccccc3N2c2cnc(=O)[nH]c2C(N)=O)sc1N. The van der Waals surface area contributed by atoms with Gasteiger partial charge in [-0.25, -0.2) is 9.78 Å².